The normalized spacial score (nSPS) is 10.2. The van der Waals surface area contributed by atoms with Crippen LogP contribution in [-0.4, -0.2) is 23.5 Å². The second-order valence-electron chi connectivity index (χ2n) is 5.46. The van der Waals surface area contributed by atoms with Crippen LogP contribution in [0.2, 0.25) is 0 Å². The topological polar surface area (TPSA) is 78.4 Å². The van der Waals surface area contributed by atoms with E-state index in [2.05, 4.69) is 10.6 Å². The molecule has 0 atom stereocenters. The molecule has 2 rings (SSSR count). The van der Waals surface area contributed by atoms with Crippen molar-refractivity contribution < 1.29 is 14.7 Å². The number of hydrogen-bond acceptors (Lipinski definition) is 3. The second kappa shape index (κ2) is 8.84. The number of amides is 2. The number of aliphatic hydroxyl groups excluding tert-OH is 1. The second-order valence-corrected chi connectivity index (χ2v) is 5.46. The minimum Gasteiger partial charge on any atom is -0.392 e. The molecule has 0 aliphatic heterocycles. The van der Waals surface area contributed by atoms with Gasteiger partial charge in [0, 0.05) is 24.2 Å². The smallest absolute Gasteiger partial charge is 0.251 e. The van der Waals surface area contributed by atoms with Crippen molar-refractivity contribution in [2.24, 2.45) is 0 Å². The first kappa shape index (κ1) is 17.7. The van der Waals surface area contributed by atoms with E-state index >= 15 is 0 Å². The summed E-state index contributed by atoms with van der Waals surface area (Å²) in [4.78, 5) is 23.6. The Morgan fingerprint density at radius 3 is 2.42 bits per heavy atom. The molecule has 0 aromatic heterocycles. The summed E-state index contributed by atoms with van der Waals surface area (Å²) in [5.74, 6) is -0.256. The Labute approximate surface area is 141 Å². The van der Waals surface area contributed by atoms with Crippen molar-refractivity contribution in [3.63, 3.8) is 0 Å². The Morgan fingerprint density at radius 2 is 1.75 bits per heavy atom. The summed E-state index contributed by atoms with van der Waals surface area (Å²) in [6, 6.07) is 14.5. The van der Waals surface area contributed by atoms with Gasteiger partial charge in [-0.25, -0.2) is 0 Å². The van der Waals surface area contributed by atoms with Crippen molar-refractivity contribution >= 4 is 17.5 Å². The summed E-state index contributed by atoms with van der Waals surface area (Å²) in [5, 5.41) is 14.6. The molecule has 0 radical (unpaired) electrons. The molecule has 0 saturated heterocycles. The molecule has 2 aromatic rings. The highest BCUT2D eigenvalue weighted by molar-refractivity contribution is 5.97. The van der Waals surface area contributed by atoms with E-state index < -0.39 is 0 Å². The molecular formula is C19H22N2O3. The number of benzene rings is 2. The summed E-state index contributed by atoms with van der Waals surface area (Å²) in [5.41, 5.74) is 3.10. The lowest BCUT2D eigenvalue weighted by atomic mass is 10.1. The largest absolute Gasteiger partial charge is 0.392 e. The van der Waals surface area contributed by atoms with Gasteiger partial charge in [-0.3, -0.25) is 9.59 Å². The van der Waals surface area contributed by atoms with Crippen LogP contribution in [-0.2, 0) is 17.8 Å². The number of hydrogen-bond donors (Lipinski definition) is 3. The van der Waals surface area contributed by atoms with Crippen LogP contribution >= 0.6 is 0 Å². The number of carbonyl (C=O) groups excluding carboxylic acids is 2. The van der Waals surface area contributed by atoms with Crippen molar-refractivity contribution in [3.8, 4) is 0 Å². The van der Waals surface area contributed by atoms with Gasteiger partial charge in [-0.1, -0.05) is 37.3 Å². The van der Waals surface area contributed by atoms with Gasteiger partial charge in [-0.05, 0) is 35.7 Å². The van der Waals surface area contributed by atoms with E-state index in [4.69, 9.17) is 5.11 Å². The van der Waals surface area contributed by atoms with Gasteiger partial charge in [0.2, 0.25) is 5.91 Å². The van der Waals surface area contributed by atoms with Gasteiger partial charge in [0.25, 0.3) is 5.91 Å². The molecule has 0 saturated carbocycles. The van der Waals surface area contributed by atoms with Crippen molar-refractivity contribution in [1.29, 1.82) is 0 Å². The minimum atomic E-state index is -0.172. The molecule has 3 N–H and O–H groups in total. The predicted octanol–water partition coefficient (Wildman–Crippen LogP) is 2.50. The van der Waals surface area contributed by atoms with Crippen LogP contribution in [0.25, 0.3) is 0 Å². The fraction of sp³-hybridized carbons (Fsp3) is 0.263. The van der Waals surface area contributed by atoms with E-state index in [1.807, 2.05) is 24.3 Å². The molecule has 0 unspecified atom stereocenters. The fourth-order valence-electron chi connectivity index (χ4n) is 2.22. The summed E-state index contributed by atoms with van der Waals surface area (Å²) < 4.78 is 0. The third-order valence-electron chi connectivity index (χ3n) is 3.63. The van der Waals surface area contributed by atoms with E-state index in [0.29, 0.717) is 30.6 Å². The van der Waals surface area contributed by atoms with E-state index in [1.54, 1.807) is 31.2 Å². The van der Waals surface area contributed by atoms with Gasteiger partial charge in [-0.15, -0.1) is 0 Å². The molecule has 0 aliphatic rings. The van der Waals surface area contributed by atoms with Crippen molar-refractivity contribution in [1.82, 2.24) is 5.32 Å². The van der Waals surface area contributed by atoms with Crippen LogP contribution in [0.15, 0.2) is 48.5 Å². The standard InChI is InChI=1S/C19H22N2O3/c1-2-18(23)21-17-5-3-4-16(12-17)19(24)20-11-10-14-6-8-15(13-22)9-7-14/h3-9,12,22H,2,10-11,13H2,1H3,(H,20,24)(H,21,23). The van der Waals surface area contributed by atoms with Crippen molar-refractivity contribution in [3.05, 3.63) is 65.2 Å². The molecule has 2 amide bonds. The molecule has 0 aliphatic carbocycles. The maximum absolute atomic E-state index is 12.2. The zero-order valence-electron chi connectivity index (χ0n) is 13.7. The Hall–Kier alpha value is -2.66. The number of nitrogens with one attached hydrogen (secondary N) is 2. The maximum atomic E-state index is 12.2. The summed E-state index contributed by atoms with van der Waals surface area (Å²) in [6.45, 7) is 2.32. The zero-order chi connectivity index (χ0) is 17.4. The van der Waals surface area contributed by atoms with Crippen LogP contribution in [0, 0.1) is 0 Å². The highest BCUT2D eigenvalue weighted by atomic mass is 16.3. The lowest BCUT2D eigenvalue weighted by molar-refractivity contribution is -0.115. The summed E-state index contributed by atoms with van der Waals surface area (Å²) in [6.07, 6.45) is 1.11. The van der Waals surface area contributed by atoms with Crippen molar-refractivity contribution in [2.75, 3.05) is 11.9 Å². The van der Waals surface area contributed by atoms with Crippen molar-refractivity contribution in [2.45, 2.75) is 26.4 Å². The quantitative estimate of drug-likeness (QED) is 0.731. The molecule has 0 bridgehead atoms. The molecule has 5 heteroatoms. The summed E-state index contributed by atoms with van der Waals surface area (Å²) in [7, 11) is 0. The Kier molecular flexibility index (Phi) is 6.51. The lowest BCUT2D eigenvalue weighted by Gasteiger charge is -2.08. The van der Waals surface area contributed by atoms with E-state index in [9.17, 15) is 9.59 Å². The van der Waals surface area contributed by atoms with Crippen LogP contribution in [0.1, 0.15) is 34.8 Å². The van der Waals surface area contributed by atoms with E-state index in [-0.39, 0.29) is 18.4 Å². The minimum absolute atomic E-state index is 0.0297. The molecule has 24 heavy (non-hydrogen) atoms. The molecule has 2 aromatic carbocycles. The number of aliphatic hydroxyl groups is 1. The number of rotatable bonds is 7. The first-order valence-corrected chi connectivity index (χ1v) is 7.99. The van der Waals surface area contributed by atoms with Crippen LogP contribution in [0.3, 0.4) is 0 Å². The van der Waals surface area contributed by atoms with Crippen LogP contribution in [0.5, 0.6) is 0 Å². The predicted molar refractivity (Wildman–Crippen MR) is 93.8 cm³/mol. The molecule has 0 heterocycles. The molecule has 0 fully saturated rings. The molecule has 0 spiro atoms. The first-order chi connectivity index (χ1) is 11.6. The Morgan fingerprint density at radius 1 is 1.04 bits per heavy atom. The van der Waals surface area contributed by atoms with Gasteiger partial charge < -0.3 is 15.7 Å². The Balaban J connectivity index is 1.87. The molecule has 126 valence electrons. The van der Waals surface area contributed by atoms with Gasteiger partial charge in [-0.2, -0.15) is 0 Å². The molecule has 5 nitrogen and oxygen atoms in total. The highest BCUT2D eigenvalue weighted by Crippen LogP contribution is 2.11. The van der Waals surface area contributed by atoms with Gasteiger partial charge in [0.15, 0.2) is 0 Å². The zero-order valence-corrected chi connectivity index (χ0v) is 13.7. The van der Waals surface area contributed by atoms with Gasteiger partial charge in [0.05, 0.1) is 6.61 Å². The highest BCUT2D eigenvalue weighted by Gasteiger charge is 2.07. The van der Waals surface area contributed by atoms with E-state index in [1.165, 1.54) is 0 Å². The van der Waals surface area contributed by atoms with Crippen LogP contribution < -0.4 is 10.6 Å². The van der Waals surface area contributed by atoms with Gasteiger partial charge >= 0.3 is 0 Å². The third kappa shape index (κ3) is 5.21. The lowest BCUT2D eigenvalue weighted by Crippen LogP contribution is -2.25. The van der Waals surface area contributed by atoms with Gasteiger partial charge in [0.1, 0.15) is 0 Å². The molecular weight excluding hydrogens is 304 g/mol. The van der Waals surface area contributed by atoms with E-state index in [0.717, 1.165) is 11.1 Å². The first-order valence-electron chi connectivity index (χ1n) is 7.99. The average Bonchev–Trinajstić information content (AvgIpc) is 2.62. The fourth-order valence-corrected chi connectivity index (χ4v) is 2.22. The Bertz CT molecular complexity index is 696. The SMILES string of the molecule is CCC(=O)Nc1cccc(C(=O)NCCc2ccc(CO)cc2)c1. The number of carbonyl (C=O) groups is 2. The third-order valence-corrected chi connectivity index (χ3v) is 3.63. The maximum Gasteiger partial charge on any atom is 0.251 e. The summed E-state index contributed by atoms with van der Waals surface area (Å²) >= 11 is 0. The average molecular weight is 326 g/mol. The van der Waals surface area contributed by atoms with Crippen LogP contribution in [0.4, 0.5) is 5.69 Å². The number of anilines is 1. The monoisotopic (exact) mass is 326 g/mol.